The summed E-state index contributed by atoms with van der Waals surface area (Å²) in [6.07, 6.45) is 4.52. The van der Waals surface area contributed by atoms with Crippen LogP contribution in [-0.4, -0.2) is 36.5 Å². The standard InChI is InChI=1S/C18H26BNO4/c1-12-9-14(19-23-17(2,3)18(4,5)24-19)11-15(22-12)13-7-8-20-16(10-13)21-6/h7-10,12,15H,11H2,1-6H3. The molecule has 3 rings (SSSR count). The van der Waals surface area contributed by atoms with Crippen molar-refractivity contribution in [3.8, 4) is 5.88 Å². The van der Waals surface area contributed by atoms with Crippen LogP contribution in [0.15, 0.2) is 29.9 Å². The van der Waals surface area contributed by atoms with Crippen LogP contribution in [0.25, 0.3) is 0 Å². The third-order valence-electron chi connectivity index (χ3n) is 5.14. The summed E-state index contributed by atoms with van der Waals surface area (Å²) in [7, 11) is 1.29. The molecule has 5 nitrogen and oxygen atoms in total. The molecule has 2 atom stereocenters. The average molecular weight is 331 g/mol. The number of ether oxygens (including phenoxy) is 2. The Kier molecular flexibility index (Phi) is 4.49. The molecule has 2 unspecified atom stereocenters. The first-order chi connectivity index (χ1) is 11.2. The first-order valence-electron chi connectivity index (χ1n) is 8.43. The number of nitrogens with zero attached hydrogens (tertiary/aromatic N) is 1. The van der Waals surface area contributed by atoms with Gasteiger partial charge in [0.05, 0.1) is 30.5 Å². The largest absolute Gasteiger partial charge is 0.490 e. The van der Waals surface area contributed by atoms with E-state index in [4.69, 9.17) is 18.8 Å². The number of rotatable bonds is 3. The highest BCUT2D eigenvalue weighted by Gasteiger charge is 2.52. The van der Waals surface area contributed by atoms with E-state index in [1.54, 1.807) is 13.3 Å². The van der Waals surface area contributed by atoms with Crippen molar-refractivity contribution in [1.82, 2.24) is 4.98 Å². The molecule has 2 aliphatic heterocycles. The van der Waals surface area contributed by atoms with Gasteiger partial charge >= 0.3 is 7.12 Å². The molecule has 1 aromatic heterocycles. The fraction of sp³-hybridized carbons (Fsp3) is 0.611. The molecule has 2 aliphatic rings. The van der Waals surface area contributed by atoms with Crippen molar-refractivity contribution in [1.29, 1.82) is 0 Å². The minimum absolute atomic E-state index is 0.00284. The predicted octanol–water partition coefficient (Wildman–Crippen LogP) is 3.50. The van der Waals surface area contributed by atoms with Gasteiger partial charge in [-0.2, -0.15) is 0 Å². The van der Waals surface area contributed by atoms with E-state index >= 15 is 0 Å². The molecule has 0 N–H and O–H groups in total. The highest BCUT2D eigenvalue weighted by Crippen LogP contribution is 2.42. The van der Waals surface area contributed by atoms with Crippen molar-refractivity contribution in [3.05, 3.63) is 35.4 Å². The maximum atomic E-state index is 6.20. The molecule has 1 aromatic rings. The van der Waals surface area contributed by atoms with Gasteiger partial charge in [0.2, 0.25) is 5.88 Å². The Hall–Kier alpha value is -1.37. The summed E-state index contributed by atoms with van der Waals surface area (Å²) in [5.41, 5.74) is 1.51. The molecule has 0 spiro atoms. The predicted molar refractivity (Wildman–Crippen MR) is 92.9 cm³/mol. The summed E-state index contributed by atoms with van der Waals surface area (Å²) in [5, 5.41) is 0. The Bertz CT molecular complexity index is 628. The van der Waals surface area contributed by atoms with Gasteiger partial charge < -0.3 is 18.8 Å². The minimum Gasteiger partial charge on any atom is -0.481 e. The Balaban J connectivity index is 1.81. The van der Waals surface area contributed by atoms with Crippen LogP contribution in [0.1, 0.15) is 52.7 Å². The lowest BCUT2D eigenvalue weighted by molar-refractivity contribution is 0.00578. The van der Waals surface area contributed by atoms with E-state index in [9.17, 15) is 0 Å². The molecule has 0 amide bonds. The molecule has 0 radical (unpaired) electrons. The van der Waals surface area contributed by atoms with Gasteiger partial charge in [-0.05, 0) is 58.1 Å². The van der Waals surface area contributed by atoms with Crippen LogP contribution < -0.4 is 4.74 Å². The van der Waals surface area contributed by atoms with Crippen LogP contribution in [-0.2, 0) is 14.0 Å². The topological polar surface area (TPSA) is 49.8 Å². The van der Waals surface area contributed by atoms with E-state index in [0.29, 0.717) is 5.88 Å². The van der Waals surface area contributed by atoms with Gasteiger partial charge in [-0.15, -0.1) is 0 Å². The smallest absolute Gasteiger partial charge is 0.481 e. The van der Waals surface area contributed by atoms with E-state index in [1.807, 2.05) is 19.1 Å². The second kappa shape index (κ2) is 6.17. The molecule has 130 valence electrons. The number of pyridine rings is 1. The molecule has 0 aliphatic carbocycles. The molecule has 1 fully saturated rings. The van der Waals surface area contributed by atoms with Gasteiger partial charge in [0.1, 0.15) is 0 Å². The molecule has 0 bridgehead atoms. The van der Waals surface area contributed by atoms with Crippen molar-refractivity contribution in [2.24, 2.45) is 0 Å². The zero-order valence-corrected chi connectivity index (χ0v) is 15.3. The maximum absolute atomic E-state index is 6.20. The quantitative estimate of drug-likeness (QED) is 0.794. The van der Waals surface area contributed by atoms with E-state index in [1.165, 1.54) is 0 Å². The first-order valence-corrected chi connectivity index (χ1v) is 8.43. The maximum Gasteiger partial charge on any atom is 0.490 e. The Morgan fingerprint density at radius 3 is 2.50 bits per heavy atom. The molecule has 6 heteroatoms. The third-order valence-corrected chi connectivity index (χ3v) is 5.14. The minimum atomic E-state index is -0.338. The lowest BCUT2D eigenvalue weighted by atomic mass is 9.72. The normalized spacial score (nSPS) is 28.6. The highest BCUT2D eigenvalue weighted by molar-refractivity contribution is 6.54. The number of methoxy groups -OCH3 is 1. The van der Waals surface area contributed by atoms with Gasteiger partial charge in [0, 0.05) is 12.3 Å². The molecular weight excluding hydrogens is 305 g/mol. The van der Waals surface area contributed by atoms with Crippen LogP contribution in [0, 0.1) is 0 Å². The van der Waals surface area contributed by atoms with Crippen molar-refractivity contribution >= 4 is 7.12 Å². The molecule has 3 heterocycles. The molecule has 0 aromatic carbocycles. The van der Waals surface area contributed by atoms with Crippen LogP contribution >= 0.6 is 0 Å². The lowest BCUT2D eigenvalue weighted by Crippen LogP contribution is -2.41. The third kappa shape index (κ3) is 3.23. The zero-order chi connectivity index (χ0) is 17.5. The van der Waals surface area contributed by atoms with Crippen molar-refractivity contribution in [2.45, 2.75) is 64.4 Å². The highest BCUT2D eigenvalue weighted by atomic mass is 16.7. The van der Waals surface area contributed by atoms with Crippen LogP contribution in [0.2, 0.25) is 0 Å². The number of hydrogen-bond acceptors (Lipinski definition) is 5. The van der Waals surface area contributed by atoms with Crippen LogP contribution in [0.5, 0.6) is 5.88 Å². The Morgan fingerprint density at radius 2 is 1.88 bits per heavy atom. The Labute approximate surface area is 144 Å². The van der Waals surface area contributed by atoms with Gasteiger partial charge in [-0.1, -0.05) is 6.08 Å². The molecule has 1 saturated heterocycles. The summed E-state index contributed by atoms with van der Waals surface area (Å²) in [6, 6.07) is 3.89. The number of aromatic nitrogens is 1. The van der Waals surface area contributed by atoms with Crippen molar-refractivity contribution in [2.75, 3.05) is 7.11 Å². The molecular formula is C18H26BNO4. The number of hydrogen-bond donors (Lipinski definition) is 0. The van der Waals surface area contributed by atoms with Crippen LogP contribution in [0.3, 0.4) is 0 Å². The van der Waals surface area contributed by atoms with Gasteiger partial charge in [0.25, 0.3) is 0 Å². The summed E-state index contributed by atoms with van der Waals surface area (Å²) in [5.74, 6) is 0.593. The van der Waals surface area contributed by atoms with E-state index < -0.39 is 0 Å². The van der Waals surface area contributed by atoms with E-state index in [-0.39, 0.29) is 30.5 Å². The van der Waals surface area contributed by atoms with Crippen molar-refractivity contribution in [3.63, 3.8) is 0 Å². The molecule has 0 saturated carbocycles. The van der Waals surface area contributed by atoms with Crippen LogP contribution in [0.4, 0.5) is 0 Å². The van der Waals surface area contributed by atoms with E-state index in [0.717, 1.165) is 17.5 Å². The summed E-state index contributed by atoms with van der Waals surface area (Å²) < 4.78 is 23.7. The van der Waals surface area contributed by atoms with Crippen molar-refractivity contribution < 1.29 is 18.8 Å². The second-order valence-corrected chi connectivity index (χ2v) is 7.50. The summed E-state index contributed by atoms with van der Waals surface area (Å²) in [6.45, 7) is 10.3. The van der Waals surface area contributed by atoms with Gasteiger partial charge in [-0.3, -0.25) is 0 Å². The second-order valence-electron chi connectivity index (χ2n) is 7.50. The zero-order valence-electron chi connectivity index (χ0n) is 15.3. The van der Waals surface area contributed by atoms with Gasteiger partial charge in [-0.25, -0.2) is 4.98 Å². The summed E-state index contributed by atoms with van der Waals surface area (Å²) >= 11 is 0. The fourth-order valence-corrected chi connectivity index (χ4v) is 3.03. The Morgan fingerprint density at radius 1 is 1.21 bits per heavy atom. The van der Waals surface area contributed by atoms with E-state index in [2.05, 4.69) is 38.8 Å². The summed E-state index contributed by atoms with van der Waals surface area (Å²) in [4.78, 5) is 4.16. The lowest BCUT2D eigenvalue weighted by Gasteiger charge is -2.32. The fourth-order valence-electron chi connectivity index (χ4n) is 3.03. The monoisotopic (exact) mass is 331 g/mol. The van der Waals surface area contributed by atoms with Gasteiger partial charge in [0.15, 0.2) is 0 Å². The SMILES string of the molecule is COc1cc(C2CC(B3OC(C)(C)C(C)(C)O3)=CC(C)O2)ccn1. The average Bonchev–Trinajstić information content (AvgIpc) is 2.75. The molecule has 24 heavy (non-hydrogen) atoms. The first kappa shape index (κ1) is 17.5.